The summed E-state index contributed by atoms with van der Waals surface area (Å²) in [4.78, 5) is 20.9. The lowest BCUT2D eigenvalue weighted by Gasteiger charge is -2.32. The second-order valence-corrected chi connectivity index (χ2v) is 5.75. The molecule has 0 unspecified atom stereocenters. The standard InChI is InChI=1S/C16H16N2O2S/c1-20-17-16(19)10-11-18-12-6-2-4-8-14(12)21-15-9-5-3-7-13(15)18/h2-9H,10-11H2,1H3,(H,17,19). The van der Waals surface area contributed by atoms with Gasteiger partial charge in [-0.2, -0.15) is 0 Å². The van der Waals surface area contributed by atoms with Crippen LogP contribution in [0.25, 0.3) is 0 Å². The number of carbonyl (C=O) groups is 1. The van der Waals surface area contributed by atoms with E-state index in [0.29, 0.717) is 13.0 Å². The first-order chi connectivity index (χ1) is 10.3. The molecule has 0 saturated carbocycles. The van der Waals surface area contributed by atoms with Crippen LogP contribution in [0.4, 0.5) is 11.4 Å². The summed E-state index contributed by atoms with van der Waals surface area (Å²) in [6, 6.07) is 16.5. The second kappa shape index (κ2) is 6.20. The SMILES string of the molecule is CONC(=O)CCN1c2ccccc2Sc2ccccc21. The van der Waals surface area contributed by atoms with Gasteiger partial charge in [0.2, 0.25) is 5.91 Å². The Morgan fingerprint density at radius 2 is 1.67 bits per heavy atom. The first kappa shape index (κ1) is 14.0. The molecule has 1 aliphatic rings. The molecule has 2 aromatic rings. The molecule has 0 fully saturated rings. The van der Waals surface area contributed by atoms with Crippen molar-refractivity contribution >= 4 is 29.0 Å². The van der Waals surface area contributed by atoms with E-state index in [1.54, 1.807) is 11.8 Å². The van der Waals surface area contributed by atoms with Crippen LogP contribution in [-0.4, -0.2) is 19.6 Å². The van der Waals surface area contributed by atoms with E-state index in [-0.39, 0.29) is 5.91 Å². The van der Waals surface area contributed by atoms with Crippen molar-refractivity contribution in [1.29, 1.82) is 0 Å². The number of amides is 1. The molecule has 0 spiro atoms. The molecular formula is C16H16N2O2S. The third kappa shape index (κ3) is 2.89. The monoisotopic (exact) mass is 300 g/mol. The Balaban J connectivity index is 1.89. The highest BCUT2D eigenvalue weighted by atomic mass is 32.2. The van der Waals surface area contributed by atoms with Gasteiger partial charge in [0, 0.05) is 22.8 Å². The van der Waals surface area contributed by atoms with Gasteiger partial charge in [0.05, 0.1) is 18.5 Å². The maximum atomic E-state index is 11.6. The molecular weight excluding hydrogens is 284 g/mol. The minimum absolute atomic E-state index is 0.120. The zero-order chi connectivity index (χ0) is 14.7. The van der Waals surface area contributed by atoms with Gasteiger partial charge in [-0.05, 0) is 24.3 Å². The van der Waals surface area contributed by atoms with Gasteiger partial charge in [-0.25, -0.2) is 5.48 Å². The Morgan fingerprint density at radius 3 is 2.24 bits per heavy atom. The average Bonchev–Trinajstić information content (AvgIpc) is 2.51. The van der Waals surface area contributed by atoms with Gasteiger partial charge >= 0.3 is 0 Å². The Kier molecular flexibility index (Phi) is 4.13. The number of para-hydroxylation sites is 2. The number of nitrogens with one attached hydrogen (secondary N) is 1. The van der Waals surface area contributed by atoms with E-state index in [1.165, 1.54) is 16.9 Å². The number of nitrogens with zero attached hydrogens (tertiary/aromatic N) is 1. The van der Waals surface area contributed by atoms with Crippen molar-refractivity contribution in [2.75, 3.05) is 18.6 Å². The second-order valence-electron chi connectivity index (χ2n) is 4.67. The molecule has 21 heavy (non-hydrogen) atoms. The highest BCUT2D eigenvalue weighted by Gasteiger charge is 2.22. The van der Waals surface area contributed by atoms with E-state index in [2.05, 4.69) is 39.5 Å². The Labute approximate surface area is 128 Å². The number of fused-ring (bicyclic) bond motifs is 2. The molecule has 0 aromatic heterocycles. The zero-order valence-electron chi connectivity index (χ0n) is 11.7. The third-order valence-electron chi connectivity index (χ3n) is 3.31. The van der Waals surface area contributed by atoms with Gasteiger partial charge < -0.3 is 4.90 Å². The van der Waals surface area contributed by atoms with Gasteiger partial charge in [-0.15, -0.1) is 0 Å². The van der Waals surface area contributed by atoms with E-state index in [0.717, 1.165) is 11.4 Å². The number of anilines is 2. The molecule has 0 bridgehead atoms. The molecule has 1 aliphatic heterocycles. The van der Waals surface area contributed by atoms with Crippen molar-refractivity contribution in [3.63, 3.8) is 0 Å². The predicted molar refractivity (Wildman–Crippen MR) is 83.8 cm³/mol. The summed E-state index contributed by atoms with van der Waals surface area (Å²) >= 11 is 1.76. The van der Waals surface area contributed by atoms with Crippen LogP contribution < -0.4 is 10.4 Å². The maximum Gasteiger partial charge on any atom is 0.245 e. The minimum atomic E-state index is -0.120. The molecule has 2 aromatic carbocycles. The summed E-state index contributed by atoms with van der Waals surface area (Å²) in [5.41, 5.74) is 4.65. The highest BCUT2D eigenvalue weighted by Crippen LogP contribution is 2.47. The minimum Gasteiger partial charge on any atom is -0.339 e. The van der Waals surface area contributed by atoms with Crippen molar-refractivity contribution in [2.45, 2.75) is 16.2 Å². The van der Waals surface area contributed by atoms with E-state index < -0.39 is 0 Å². The van der Waals surface area contributed by atoms with Crippen LogP contribution >= 0.6 is 11.8 Å². The number of carbonyl (C=O) groups excluding carboxylic acids is 1. The number of rotatable bonds is 4. The van der Waals surface area contributed by atoms with Gasteiger partial charge in [-0.3, -0.25) is 9.63 Å². The summed E-state index contributed by atoms with van der Waals surface area (Å²) < 4.78 is 0. The number of hydrogen-bond acceptors (Lipinski definition) is 4. The fraction of sp³-hybridized carbons (Fsp3) is 0.188. The third-order valence-corrected chi connectivity index (χ3v) is 4.44. The molecule has 1 N–H and O–H groups in total. The van der Waals surface area contributed by atoms with Crippen LogP contribution in [-0.2, 0) is 9.63 Å². The van der Waals surface area contributed by atoms with E-state index in [9.17, 15) is 4.79 Å². The van der Waals surface area contributed by atoms with Crippen LogP contribution in [0.15, 0.2) is 58.3 Å². The summed E-state index contributed by atoms with van der Waals surface area (Å²) in [6.45, 7) is 0.615. The van der Waals surface area contributed by atoms with Crippen LogP contribution in [0, 0.1) is 0 Å². The highest BCUT2D eigenvalue weighted by molar-refractivity contribution is 7.99. The topological polar surface area (TPSA) is 41.6 Å². The largest absolute Gasteiger partial charge is 0.339 e. The predicted octanol–water partition coefficient (Wildman–Crippen LogP) is 3.36. The number of hydroxylamine groups is 1. The van der Waals surface area contributed by atoms with E-state index >= 15 is 0 Å². The van der Waals surface area contributed by atoms with Crippen molar-refractivity contribution < 1.29 is 9.63 Å². The summed E-state index contributed by atoms with van der Waals surface area (Å²) in [5, 5.41) is 0. The molecule has 1 heterocycles. The lowest BCUT2D eigenvalue weighted by molar-refractivity contribution is -0.131. The normalized spacial score (nSPS) is 12.5. The number of benzene rings is 2. The quantitative estimate of drug-likeness (QED) is 0.879. The van der Waals surface area contributed by atoms with Gasteiger partial charge in [0.25, 0.3) is 0 Å². The van der Waals surface area contributed by atoms with Crippen molar-refractivity contribution in [3.8, 4) is 0 Å². The maximum absolute atomic E-state index is 11.6. The molecule has 0 atom stereocenters. The molecule has 5 heteroatoms. The van der Waals surface area contributed by atoms with Crippen molar-refractivity contribution in [3.05, 3.63) is 48.5 Å². The molecule has 0 aliphatic carbocycles. The van der Waals surface area contributed by atoms with Crippen LogP contribution in [0.5, 0.6) is 0 Å². The van der Waals surface area contributed by atoms with Gasteiger partial charge in [0.1, 0.15) is 0 Å². The molecule has 1 amide bonds. The van der Waals surface area contributed by atoms with Crippen molar-refractivity contribution in [1.82, 2.24) is 5.48 Å². The van der Waals surface area contributed by atoms with E-state index in [4.69, 9.17) is 0 Å². The van der Waals surface area contributed by atoms with Gasteiger partial charge in [0.15, 0.2) is 0 Å². The van der Waals surface area contributed by atoms with Crippen molar-refractivity contribution in [2.24, 2.45) is 0 Å². The molecule has 108 valence electrons. The molecule has 4 nitrogen and oxygen atoms in total. The smallest absolute Gasteiger partial charge is 0.245 e. The summed E-state index contributed by atoms with van der Waals surface area (Å²) in [6.07, 6.45) is 0.376. The Morgan fingerprint density at radius 1 is 1.10 bits per heavy atom. The lowest BCUT2D eigenvalue weighted by Crippen LogP contribution is -2.29. The van der Waals surface area contributed by atoms with E-state index in [1.807, 2.05) is 24.3 Å². The molecule has 0 radical (unpaired) electrons. The molecule has 0 saturated heterocycles. The van der Waals surface area contributed by atoms with Gasteiger partial charge in [-0.1, -0.05) is 36.0 Å². The van der Waals surface area contributed by atoms with Crippen LogP contribution in [0.2, 0.25) is 0 Å². The first-order valence-electron chi connectivity index (χ1n) is 6.75. The Bertz CT molecular complexity index is 615. The fourth-order valence-electron chi connectivity index (χ4n) is 2.40. The average molecular weight is 300 g/mol. The fourth-order valence-corrected chi connectivity index (χ4v) is 3.50. The lowest BCUT2D eigenvalue weighted by atomic mass is 10.2. The van der Waals surface area contributed by atoms with Crippen LogP contribution in [0.1, 0.15) is 6.42 Å². The summed E-state index contributed by atoms with van der Waals surface area (Å²) in [5.74, 6) is -0.120. The number of hydrogen-bond donors (Lipinski definition) is 1. The summed E-state index contributed by atoms with van der Waals surface area (Å²) in [7, 11) is 1.44. The zero-order valence-corrected chi connectivity index (χ0v) is 12.5. The van der Waals surface area contributed by atoms with Crippen LogP contribution in [0.3, 0.4) is 0 Å². The first-order valence-corrected chi connectivity index (χ1v) is 7.56. The molecule has 3 rings (SSSR count). The Hall–Kier alpha value is -1.98.